The average molecular weight is 332 g/mol. The summed E-state index contributed by atoms with van der Waals surface area (Å²) in [6.07, 6.45) is 2.04. The third kappa shape index (κ3) is 3.03. The van der Waals surface area contributed by atoms with E-state index in [4.69, 9.17) is 4.74 Å². The van der Waals surface area contributed by atoms with Crippen LogP contribution in [-0.2, 0) is 0 Å². The number of amides is 3. The maximum absolute atomic E-state index is 12.9. The first-order chi connectivity index (χ1) is 11.7. The fourth-order valence-electron chi connectivity index (χ4n) is 3.45. The topological polar surface area (TPSA) is 73.9 Å². The van der Waals surface area contributed by atoms with Gasteiger partial charge in [-0.2, -0.15) is 0 Å². The van der Waals surface area contributed by atoms with Crippen molar-refractivity contribution in [2.75, 3.05) is 45.2 Å². The summed E-state index contributed by atoms with van der Waals surface area (Å²) in [4.78, 5) is 28.4. The molecule has 2 fully saturated rings. The monoisotopic (exact) mass is 332 g/mol. The van der Waals surface area contributed by atoms with Crippen LogP contribution in [-0.4, -0.2) is 63.2 Å². The van der Waals surface area contributed by atoms with Crippen LogP contribution in [0.15, 0.2) is 18.2 Å². The molecule has 2 N–H and O–H groups in total. The second-order valence-corrected chi connectivity index (χ2v) is 6.12. The molecule has 0 bridgehead atoms. The predicted molar refractivity (Wildman–Crippen MR) is 91.7 cm³/mol. The summed E-state index contributed by atoms with van der Waals surface area (Å²) in [5.41, 5.74) is 1.23. The van der Waals surface area contributed by atoms with E-state index in [1.165, 1.54) is 0 Å². The highest BCUT2D eigenvalue weighted by Crippen LogP contribution is 2.31. The van der Waals surface area contributed by atoms with Crippen LogP contribution in [0.4, 0.5) is 10.5 Å². The molecule has 7 nitrogen and oxygen atoms in total. The van der Waals surface area contributed by atoms with Gasteiger partial charge in [0, 0.05) is 37.8 Å². The van der Waals surface area contributed by atoms with Crippen LogP contribution in [0.1, 0.15) is 23.2 Å². The molecular formula is C17H24N4O3. The molecule has 1 aromatic carbocycles. The molecule has 1 atom stereocenters. The molecule has 3 rings (SSSR count). The van der Waals surface area contributed by atoms with Crippen LogP contribution in [0.3, 0.4) is 0 Å². The van der Waals surface area contributed by atoms with Gasteiger partial charge in [-0.1, -0.05) is 0 Å². The maximum atomic E-state index is 12.9. The summed E-state index contributed by atoms with van der Waals surface area (Å²) in [7, 11) is 3.47. The molecule has 0 aromatic heterocycles. The number of methoxy groups -OCH3 is 1. The summed E-state index contributed by atoms with van der Waals surface area (Å²) >= 11 is 0. The zero-order chi connectivity index (χ0) is 17.1. The maximum Gasteiger partial charge on any atom is 0.322 e. The van der Waals surface area contributed by atoms with Gasteiger partial charge in [0.25, 0.3) is 5.91 Å². The predicted octanol–water partition coefficient (Wildman–Crippen LogP) is 1.05. The molecule has 0 aliphatic carbocycles. The van der Waals surface area contributed by atoms with E-state index in [2.05, 4.69) is 10.6 Å². The Morgan fingerprint density at radius 1 is 1.42 bits per heavy atom. The van der Waals surface area contributed by atoms with Crippen LogP contribution in [0.25, 0.3) is 0 Å². The summed E-state index contributed by atoms with van der Waals surface area (Å²) in [6, 6.07) is 5.36. The van der Waals surface area contributed by atoms with E-state index in [1.54, 1.807) is 30.2 Å². The van der Waals surface area contributed by atoms with Gasteiger partial charge in [-0.3, -0.25) is 9.69 Å². The molecule has 2 aliphatic heterocycles. The molecule has 2 heterocycles. The van der Waals surface area contributed by atoms with Crippen molar-refractivity contribution in [3.8, 4) is 5.75 Å². The van der Waals surface area contributed by atoms with Gasteiger partial charge in [0.1, 0.15) is 5.75 Å². The lowest BCUT2D eigenvalue weighted by Crippen LogP contribution is -2.40. The third-order valence-electron chi connectivity index (χ3n) is 4.65. The molecule has 0 radical (unpaired) electrons. The molecular weight excluding hydrogens is 308 g/mol. The average Bonchev–Trinajstić information content (AvgIpc) is 3.23. The van der Waals surface area contributed by atoms with Crippen molar-refractivity contribution in [2.45, 2.75) is 18.9 Å². The normalized spacial score (nSPS) is 20.4. The van der Waals surface area contributed by atoms with Gasteiger partial charge in [0.2, 0.25) is 0 Å². The highest BCUT2D eigenvalue weighted by Gasteiger charge is 2.30. The summed E-state index contributed by atoms with van der Waals surface area (Å²) < 4.78 is 5.37. The van der Waals surface area contributed by atoms with E-state index in [1.807, 2.05) is 11.9 Å². The Labute approximate surface area is 141 Å². The highest BCUT2D eigenvalue weighted by molar-refractivity contribution is 6.00. The molecule has 0 saturated carbocycles. The van der Waals surface area contributed by atoms with Gasteiger partial charge in [-0.15, -0.1) is 0 Å². The van der Waals surface area contributed by atoms with E-state index in [0.717, 1.165) is 25.9 Å². The minimum Gasteiger partial charge on any atom is -0.495 e. The highest BCUT2D eigenvalue weighted by atomic mass is 16.5. The van der Waals surface area contributed by atoms with Crippen molar-refractivity contribution < 1.29 is 14.3 Å². The first kappa shape index (κ1) is 16.6. The summed E-state index contributed by atoms with van der Waals surface area (Å²) in [6.45, 7) is 2.73. The molecule has 0 unspecified atom stereocenters. The molecule has 1 aromatic rings. The number of hydrogen-bond donors (Lipinski definition) is 2. The fourth-order valence-corrected chi connectivity index (χ4v) is 3.45. The molecule has 24 heavy (non-hydrogen) atoms. The van der Waals surface area contributed by atoms with Gasteiger partial charge >= 0.3 is 6.03 Å². The zero-order valence-electron chi connectivity index (χ0n) is 14.2. The first-order valence-corrected chi connectivity index (χ1v) is 8.34. The molecule has 0 spiro atoms. The van der Waals surface area contributed by atoms with Gasteiger partial charge in [-0.05, 0) is 38.1 Å². The summed E-state index contributed by atoms with van der Waals surface area (Å²) in [5.74, 6) is 0.605. The number of nitrogens with one attached hydrogen (secondary N) is 2. The van der Waals surface area contributed by atoms with Gasteiger partial charge < -0.3 is 20.3 Å². The number of likely N-dealkylation sites (tertiary alicyclic amines) is 1. The fraction of sp³-hybridized carbons (Fsp3) is 0.529. The largest absolute Gasteiger partial charge is 0.495 e. The molecule has 7 heteroatoms. The van der Waals surface area contributed by atoms with E-state index in [0.29, 0.717) is 30.1 Å². The van der Waals surface area contributed by atoms with Crippen LogP contribution in [0.2, 0.25) is 0 Å². The molecule has 130 valence electrons. The van der Waals surface area contributed by atoms with E-state index < -0.39 is 0 Å². The van der Waals surface area contributed by atoms with Crippen LogP contribution >= 0.6 is 0 Å². The minimum atomic E-state index is -0.160. The second-order valence-electron chi connectivity index (χ2n) is 6.12. The van der Waals surface area contributed by atoms with Gasteiger partial charge in [0.05, 0.1) is 12.8 Å². The zero-order valence-corrected chi connectivity index (χ0v) is 14.2. The molecule has 3 amide bonds. The van der Waals surface area contributed by atoms with Crippen molar-refractivity contribution >= 4 is 17.6 Å². The van der Waals surface area contributed by atoms with Crippen molar-refractivity contribution in [2.24, 2.45) is 0 Å². The third-order valence-corrected chi connectivity index (χ3v) is 4.65. The Bertz CT molecular complexity index is 634. The number of ether oxygens (including phenoxy) is 1. The number of rotatable bonds is 5. The van der Waals surface area contributed by atoms with E-state index in [-0.39, 0.29) is 18.0 Å². The van der Waals surface area contributed by atoms with Crippen molar-refractivity contribution in [3.63, 3.8) is 0 Å². The Morgan fingerprint density at radius 3 is 2.92 bits per heavy atom. The summed E-state index contributed by atoms with van der Waals surface area (Å²) in [5, 5.41) is 5.93. The number of benzene rings is 1. The number of carbonyl (C=O) groups excluding carboxylic acids is 2. The number of anilines is 1. The Hall–Kier alpha value is -2.28. The molecule has 2 aliphatic rings. The quantitative estimate of drug-likeness (QED) is 0.845. The number of likely N-dealkylation sites (N-methyl/N-ethyl adjacent to an activating group) is 1. The number of carbonyl (C=O) groups is 2. The lowest BCUT2D eigenvalue weighted by atomic mass is 10.1. The second kappa shape index (κ2) is 7.09. The Balaban J connectivity index is 1.88. The van der Waals surface area contributed by atoms with E-state index >= 15 is 0 Å². The molecule has 2 saturated heterocycles. The Kier molecular flexibility index (Phi) is 4.89. The van der Waals surface area contributed by atoms with Crippen LogP contribution < -0.4 is 20.3 Å². The van der Waals surface area contributed by atoms with Crippen molar-refractivity contribution in [3.05, 3.63) is 23.8 Å². The number of urea groups is 1. The number of nitrogens with zero attached hydrogens (tertiary/aromatic N) is 2. The van der Waals surface area contributed by atoms with Gasteiger partial charge in [-0.25, -0.2) is 4.79 Å². The van der Waals surface area contributed by atoms with Gasteiger partial charge in [0.15, 0.2) is 0 Å². The van der Waals surface area contributed by atoms with Crippen molar-refractivity contribution in [1.82, 2.24) is 15.5 Å². The SMILES string of the molecule is CNC[C@@H]1CCCN1C(=O)c1ccc(OC)c(N2CCNC2=O)c1. The first-order valence-electron chi connectivity index (χ1n) is 8.34. The van der Waals surface area contributed by atoms with Crippen LogP contribution in [0, 0.1) is 0 Å². The van der Waals surface area contributed by atoms with Crippen molar-refractivity contribution in [1.29, 1.82) is 0 Å². The number of hydrogen-bond acceptors (Lipinski definition) is 4. The minimum absolute atomic E-state index is 0.0104. The lowest BCUT2D eigenvalue weighted by Gasteiger charge is -2.25. The van der Waals surface area contributed by atoms with Crippen LogP contribution in [0.5, 0.6) is 5.75 Å². The van der Waals surface area contributed by atoms with E-state index in [9.17, 15) is 9.59 Å². The lowest BCUT2D eigenvalue weighted by molar-refractivity contribution is 0.0737. The Morgan fingerprint density at radius 2 is 2.25 bits per heavy atom. The standard InChI is InChI=1S/C17H24N4O3/c1-18-11-13-4-3-8-20(13)16(22)12-5-6-15(24-2)14(10-12)21-9-7-19-17(21)23/h5-6,10,13,18H,3-4,7-9,11H2,1-2H3,(H,19,23)/t13-/m0/s1. The smallest absolute Gasteiger partial charge is 0.322 e.